The fourth-order valence-electron chi connectivity index (χ4n) is 4.19. The highest BCUT2D eigenvalue weighted by Gasteiger charge is 2.24. The zero-order valence-electron chi connectivity index (χ0n) is 16.5. The molecule has 2 aliphatic rings. The third-order valence-electron chi connectivity index (χ3n) is 5.86. The molecule has 0 spiro atoms. The summed E-state index contributed by atoms with van der Waals surface area (Å²) in [5, 5.41) is 3.17. The lowest BCUT2D eigenvalue weighted by atomic mass is 10.1. The number of nitrogens with one attached hydrogen (secondary N) is 1. The Hall–Kier alpha value is -2.53. The van der Waals surface area contributed by atoms with Gasteiger partial charge in [-0.25, -0.2) is 0 Å². The summed E-state index contributed by atoms with van der Waals surface area (Å²) in [5.74, 6) is 0.699. The molecule has 2 aromatic rings. The zero-order chi connectivity index (χ0) is 19.2. The molecule has 0 aromatic heterocycles. The first-order valence-electron chi connectivity index (χ1n) is 10.4. The summed E-state index contributed by atoms with van der Waals surface area (Å²) in [4.78, 5) is 19.5. The molecule has 148 valence electrons. The largest absolute Gasteiger partial charge is 0.371 e. The van der Waals surface area contributed by atoms with Gasteiger partial charge in [-0.2, -0.15) is 0 Å². The van der Waals surface area contributed by atoms with Crippen molar-refractivity contribution in [3.8, 4) is 0 Å². The fourth-order valence-corrected chi connectivity index (χ4v) is 4.19. The zero-order valence-corrected chi connectivity index (χ0v) is 16.5. The number of carbonyl (C=O) groups excluding carboxylic acids is 1. The lowest BCUT2D eigenvalue weighted by Crippen LogP contribution is -2.49. The van der Waals surface area contributed by atoms with Gasteiger partial charge in [-0.3, -0.25) is 9.69 Å². The molecule has 0 radical (unpaired) electrons. The third-order valence-corrected chi connectivity index (χ3v) is 5.86. The molecule has 5 heteroatoms. The minimum atomic E-state index is 0.159. The molecule has 2 aliphatic heterocycles. The van der Waals surface area contributed by atoms with Crippen molar-refractivity contribution in [3.05, 3.63) is 60.7 Å². The minimum Gasteiger partial charge on any atom is -0.371 e. The SMILES string of the molecule is O=C(CN1CCN(c2ccccc2)CC1)NC[C@H]1CCN(c2ccccc2)C1. The number of anilines is 2. The molecule has 2 aromatic carbocycles. The highest BCUT2D eigenvalue weighted by Crippen LogP contribution is 2.23. The van der Waals surface area contributed by atoms with Gasteiger partial charge in [-0.15, -0.1) is 0 Å². The summed E-state index contributed by atoms with van der Waals surface area (Å²) in [6.07, 6.45) is 1.14. The first kappa shape index (κ1) is 18.8. The van der Waals surface area contributed by atoms with Crippen molar-refractivity contribution in [2.45, 2.75) is 6.42 Å². The number of carbonyl (C=O) groups is 1. The second kappa shape index (κ2) is 9.11. The van der Waals surface area contributed by atoms with Crippen LogP contribution in [0.5, 0.6) is 0 Å². The summed E-state index contributed by atoms with van der Waals surface area (Å²) in [6.45, 7) is 7.23. The van der Waals surface area contributed by atoms with Gasteiger partial charge in [0.25, 0.3) is 0 Å². The Balaban J connectivity index is 1.16. The maximum Gasteiger partial charge on any atom is 0.234 e. The molecule has 0 bridgehead atoms. The molecule has 2 heterocycles. The lowest BCUT2D eigenvalue weighted by Gasteiger charge is -2.35. The van der Waals surface area contributed by atoms with Crippen molar-refractivity contribution in [2.75, 3.05) is 62.2 Å². The van der Waals surface area contributed by atoms with Gasteiger partial charge in [-0.1, -0.05) is 36.4 Å². The van der Waals surface area contributed by atoms with Gasteiger partial charge in [0.1, 0.15) is 0 Å². The molecular weight excluding hydrogens is 348 g/mol. The Morgan fingerprint density at radius 2 is 1.43 bits per heavy atom. The normalized spacial score (nSPS) is 20.4. The lowest BCUT2D eigenvalue weighted by molar-refractivity contribution is -0.122. The van der Waals surface area contributed by atoms with Crippen molar-refractivity contribution in [2.24, 2.45) is 5.92 Å². The van der Waals surface area contributed by atoms with E-state index in [2.05, 4.69) is 74.6 Å². The van der Waals surface area contributed by atoms with Crippen LogP contribution < -0.4 is 15.1 Å². The Morgan fingerprint density at radius 1 is 0.821 bits per heavy atom. The van der Waals surface area contributed by atoms with Crippen molar-refractivity contribution in [1.82, 2.24) is 10.2 Å². The van der Waals surface area contributed by atoms with E-state index in [-0.39, 0.29) is 5.91 Å². The molecule has 0 unspecified atom stereocenters. The highest BCUT2D eigenvalue weighted by atomic mass is 16.2. The van der Waals surface area contributed by atoms with Crippen LogP contribution in [0.3, 0.4) is 0 Å². The topological polar surface area (TPSA) is 38.8 Å². The Morgan fingerprint density at radius 3 is 2.07 bits per heavy atom. The quantitative estimate of drug-likeness (QED) is 0.838. The van der Waals surface area contributed by atoms with Crippen molar-refractivity contribution < 1.29 is 4.79 Å². The van der Waals surface area contributed by atoms with Crippen LogP contribution in [0.15, 0.2) is 60.7 Å². The summed E-state index contributed by atoms with van der Waals surface area (Å²) >= 11 is 0. The van der Waals surface area contributed by atoms with Crippen LogP contribution >= 0.6 is 0 Å². The first-order chi connectivity index (χ1) is 13.8. The van der Waals surface area contributed by atoms with Crippen LogP contribution in [0.1, 0.15) is 6.42 Å². The molecule has 1 atom stereocenters. The number of piperazine rings is 1. The molecule has 28 heavy (non-hydrogen) atoms. The van der Waals surface area contributed by atoms with Crippen LogP contribution in [0.2, 0.25) is 0 Å². The van der Waals surface area contributed by atoms with Gasteiger partial charge in [0.15, 0.2) is 0 Å². The Kier molecular flexibility index (Phi) is 6.12. The Bertz CT molecular complexity index is 744. The number of nitrogens with zero attached hydrogens (tertiary/aromatic N) is 3. The summed E-state index contributed by atoms with van der Waals surface area (Å²) in [7, 11) is 0. The number of hydrogen-bond acceptors (Lipinski definition) is 4. The predicted molar refractivity (Wildman–Crippen MR) is 115 cm³/mol. The number of benzene rings is 2. The van der Waals surface area contributed by atoms with Gasteiger partial charge < -0.3 is 15.1 Å². The van der Waals surface area contributed by atoms with E-state index < -0.39 is 0 Å². The van der Waals surface area contributed by atoms with E-state index in [4.69, 9.17) is 0 Å². The molecule has 1 N–H and O–H groups in total. The second-order valence-corrected chi connectivity index (χ2v) is 7.84. The van der Waals surface area contributed by atoms with Gasteiger partial charge in [0, 0.05) is 57.2 Å². The molecule has 4 rings (SSSR count). The van der Waals surface area contributed by atoms with Gasteiger partial charge in [0.05, 0.1) is 6.54 Å². The van der Waals surface area contributed by atoms with E-state index in [9.17, 15) is 4.79 Å². The van der Waals surface area contributed by atoms with Crippen LogP contribution in [-0.2, 0) is 4.79 Å². The monoisotopic (exact) mass is 378 g/mol. The van der Waals surface area contributed by atoms with Gasteiger partial charge in [0.2, 0.25) is 5.91 Å². The predicted octanol–water partition coefficient (Wildman–Crippen LogP) is 2.45. The maximum atomic E-state index is 12.4. The number of rotatable bonds is 6. The smallest absolute Gasteiger partial charge is 0.234 e. The molecular formula is C23H30N4O. The standard InChI is InChI=1S/C23H30N4O/c28-23(19-25-13-15-26(16-14-25)21-7-3-1-4-8-21)24-17-20-11-12-27(18-20)22-9-5-2-6-10-22/h1-10,20H,11-19H2,(H,24,28)/t20-/m1/s1. The van der Waals surface area contributed by atoms with Crippen LogP contribution in [-0.4, -0.2) is 63.2 Å². The minimum absolute atomic E-state index is 0.159. The van der Waals surface area contributed by atoms with E-state index in [1.165, 1.54) is 11.4 Å². The average molecular weight is 379 g/mol. The van der Waals surface area contributed by atoms with Crippen molar-refractivity contribution >= 4 is 17.3 Å². The molecule has 2 fully saturated rings. The number of para-hydroxylation sites is 2. The molecule has 5 nitrogen and oxygen atoms in total. The number of amides is 1. The summed E-state index contributed by atoms with van der Waals surface area (Å²) in [5.41, 5.74) is 2.56. The van der Waals surface area contributed by atoms with Gasteiger partial charge in [-0.05, 0) is 36.6 Å². The fraction of sp³-hybridized carbons (Fsp3) is 0.435. The molecule has 1 amide bonds. The molecule has 0 saturated carbocycles. The summed E-state index contributed by atoms with van der Waals surface area (Å²) < 4.78 is 0. The van der Waals surface area contributed by atoms with Gasteiger partial charge >= 0.3 is 0 Å². The second-order valence-electron chi connectivity index (χ2n) is 7.84. The number of hydrogen-bond donors (Lipinski definition) is 1. The van der Waals surface area contributed by atoms with Crippen LogP contribution in [0.25, 0.3) is 0 Å². The maximum absolute atomic E-state index is 12.4. The van der Waals surface area contributed by atoms with Crippen molar-refractivity contribution in [3.63, 3.8) is 0 Å². The first-order valence-corrected chi connectivity index (χ1v) is 10.4. The third kappa shape index (κ3) is 4.84. The van der Waals surface area contributed by atoms with Crippen molar-refractivity contribution in [1.29, 1.82) is 0 Å². The Labute approximate surface area is 167 Å². The van der Waals surface area contributed by atoms with E-state index in [1.807, 2.05) is 6.07 Å². The molecule has 0 aliphatic carbocycles. The van der Waals surface area contributed by atoms with E-state index >= 15 is 0 Å². The molecule has 2 saturated heterocycles. The average Bonchev–Trinajstić information content (AvgIpc) is 3.23. The van der Waals surface area contributed by atoms with E-state index in [1.54, 1.807) is 0 Å². The highest BCUT2D eigenvalue weighted by molar-refractivity contribution is 5.78. The van der Waals surface area contributed by atoms with Crippen LogP contribution in [0.4, 0.5) is 11.4 Å². The van der Waals surface area contributed by atoms with E-state index in [0.29, 0.717) is 12.5 Å². The summed E-state index contributed by atoms with van der Waals surface area (Å²) in [6, 6.07) is 21.1. The van der Waals surface area contributed by atoms with E-state index in [0.717, 1.165) is 52.2 Å². The van der Waals surface area contributed by atoms with Crippen LogP contribution in [0, 0.1) is 5.92 Å².